The minimum absolute atomic E-state index is 0.284. The van der Waals surface area contributed by atoms with E-state index in [2.05, 4.69) is 35.0 Å². The molecule has 0 fully saturated rings. The number of ketones is 1. The lowest BCUT2D eigenvalue weighted by Crippen LogP contribution is -2.05. The molecular formula is C19H14OS2. The quantitative estimate of drug-likeness (QED) is 0.487. The van der Waals surface area contributed by atoms with Crippen molar-refractivity contribution in [2.75, 3.05) is 0 Å². The van der Waals surface area contributed by atoms with Gasteiger partial charge in [-0.2, -0.15) is 0 Å². The first-order valence-corrected chi connectivity index (χ1v) is 8.99. The maximum absolute atomic E-state index is 12.5. The van der Waals surface area contributed by atoms with Gasteiger partial charge in [-0.05, 0) is 44.8 Å². The van der Waals surface area contributed by atoms with Crippen LogP contribution in [0.4, 0.5) is 0 Å². The summed E-state index contributed by atoms with van der Waals surface area (Å²) in [6.07, 6.45) is 1.04. The maximum atomic E-state index is 12.5. The van der Waals surface area contributed by atoms with Crippen LogP contribution in [0.2, 0.25) is 0 Å². The van der Waals surface area contributed by atoms with Crippen LogP contribution in [-0.2, 0) is 17.6 Å². The predicted molar refractivity (Wildman–Crippen MR) is 96.1 cm³/mol. The summed E-state index contributed by atoms with van der Waals surface area (Å²) < 4.78 is 2.51. The SMILES string of the molecule is O=C(Cc1csc2ccccc12)Cc1csc2ccccc12. The normalized spacial score (nSPS) is 11.3. The van der Waals surface area contributed by atoms with Crippen LogP contribution in [0, 0.1) is 0 Å². The number of hydrogen-bond acceptors (Lipinski definition) is 3. The highest BCUT2D eigenvalue weighted by Crippen LogP contribution is 2.28. The van der Waals surface area contributed by atoms with Crippen molar-refractivity contribution in [3.63, 3.8) is 0 Å². The third-order valence-electron chi connectivity index (χ3n) is 3.90. The predicted octanol–water partition coefficient (Wildman–Crippen LogP) is 5.47. The van der Waals surface area contributed by atoms with E-state index >= 15 is 0 Å². The smallest absolute Gasteiger partial charge is 0.141 e. The van der Waals surface area contributed by atoms with Crippen LogP contribution in [0.3, 0.4) is 0 Å². The van der Waals surface area contributed by atoms with Gasteiger partial charge < -0.3 is 0 Å². The van der Waals surface area contributed by atoms with Crippen molar-refractivity contribution < 1.29 is 4.79 Å². The fraction of sp³-hybridized carbons (Fsp3) is 0.105. The summed E-state index contributed by atoms with van der Waals surface area (Å²) in [7, 11) is 0. The van der Waals surface area contributed by atoms with Gasteiger partial charge in [-0.15, -0.1) is 22.7 Å². The van der Waals surface area contributed by atoms with Crippen molar-refractivity contribution in [2.24, 2.45) is 0 Å². The molecule has 22 heavy (non-hydrogen) atoms. The molecule has 0 aliphatic carbocycles. The van der Waals surface area contributed by atoms with Gasteiger partial charge in [-0.25, -0.2) is 0 Å². The number of thiophene rings is 2. The van der Waals surface area contributed by atoms with E-state index in [1.165, 1.54) is 20.2 Å². The van der Waals surface area contributed by atoms with Gasteiger partial charge in [-0.1, -0.05) is 36.4 Å². The molecule has 0 aliphatic rings. The Labute approximate surface area is 136 Å². The largest absolute Gasteiger partial charge is 0.299 e. The van der Waals surface area contributed by atoms with Gasteiger partial charge in [0.05, 0.1) is 0 Å². The Balaban J connectivity index is 1.58. The molecule has 1 nitrogen and oxygen atoms in total. The maximum Gasteiger partial charge on any atom is 0.141 e. The molecule has 0 atom stereocenters. The zero-order valence-corrected chi connectivity index (χ0v) is 13.5. The summed E-state index contributed by atoms with van der Waals surface area (Å²) >= 11 is 3.43. The van der Waals surface area contributed by atoms with Crippen LogP contribution < -0.4 is 0 Å². The van der Waals surface area contributed by atoms with Crippen LogP contribution >= 0.6 is 22.7 Å². The lowest BCUT2D eigenvalue weighted by atomic mass is 10.0. The third kappa shape index (κ3) is 2.47. The van der Waals surface area contributed by atoms with Gasteiger partial charge in [0.25, 0.3) is 0 Å². The number of fused-ring (bicyclic) bond motifs is 2. The molecule has 108 valence electrons. The second-order valence-electron chi connectivity index (χ2n) is 5.41. The molecule has 2 heterocycles. The van der Waals surface area contributed by atoms with Crippen molar-refractivity contribution in [1.29, 1.82) is 0 Å². The average molecular weight is 322 g/mol. The van der Waals surface area contributed by atoms with Crippen molar-refractivity contribution >= 4 is 48.6 Å². The number of rotatable bonds is 4. The standard InChI is InChI=1S/C19H14OS2/c20-15(9-13-11-21-18-7-3-1-5-16(13)18)10-14-12-22-19-8-4-2-6-17(14)19/h1-8,11-12H,9-10H2. The molecule has 0 unspecified atom stereocenters. The highest BCUT2D eigenvalue weighted by atomic mass is 32.1. The van der Waals surface area contributed by atoms with E-state index in [9.17, 15) is 4.79 Å². The first-order chi connectivity index (χ1) is 10.8. The van der Waals surface area contributed by atoms with Crippen molar-refractivity contribution in [1.82, 2.24) is 0 Å². The molecule has 0 amide bonds. The van der Waals surface area contributed by atoms with Gasteiger partial charge in [-0.3, -0.25) is 4.79 Å². The number of carbonyl (C=O) groups is 1. The highest BCUT2D eigenvalue weighted by molar-refractivity contribution is 7.17. The number of hydrogen-bond donors (Lipinski definition) is 0. The Morgan fingerprint density at radius 1 is 0.727 bits per heavy atom. The molecule has 2 aromatic heterocycles. The summed E-state index contributed by atoms with van der Waals surface area (Å²) in [5.41, 5.74) is 2.32. The molecule has 4 rings (SSSR count). The van der Waals surface area contributed by atoms with Crippen LogP contribution in [0.5, 0.6) is 0 Å². The van der Waals surface area contributed by atoms with Crippen molar-refractivity contribution in [2.45, 2.75) is 12.8 Å². The number of benzene rings is 2. The first-order valence-electron chi connectivity index (χ1n) is 7.23. The van der Waals surface area contributed by atoms with E-state index < -0.39 is 0 Å². The zero-order valence-electron chi connectivity index (χ0n) is 11.9. The Morgan fingerprint density at radius 3 is 1.68 bits per heavy atom. The summed E-state index contributed by atoms with van der Waals surface area (Å²) in [5, 5.41) is 6.68. The first kappa shape index (κ1) is 13.7. The molecular weight excluding hydrogens is 308 g/mol. The fourth-order valence-corrected chi connectivity index (χ4v) is 4.75. The molecule has 2 aromatic carbocycles. The number of Topliss-reactive ketones (excluding diaryl/α,β-unsaturated/α-hetero) is 1. The van der Waals surface area contributed by atoms with Crippen molar-refractivity contribution in [3.05, 3.63) is 70.4 Å². The molecule has 0 aliphatic heterocycles. The lowest BCUT2D eigenvalue weighted by molar-refractivity contribution is -0.117. The van der Waals surface area contributed by atoms with E-state index in [0.717, 1.165) is 11.1 Å². The molecule has 0 radical (unpaired) electrons. The minimum Gasteiger partial charge on any atom is -0.299 e. The Kier molecular flexibility index (Phi) is 3.53. The van der Waals surface area contributed by atoms with Crippen LogP contribution in [0.25, 0.3) is 20.2 Å². The second kappa shape index (κ2) is 5.67. The summed E-state index contributed by atoms with van der Waals surface area (Å²) in [5.74, 6) is 0.284. The summed E-state index contributed by atoms with van der Waals surface area (Å²) in [6.45, 7) is 0. The Hall–Kier alpha value is -1.97. The lowest BCUT2D eigenvalue weighted by Gasteiger charge is -2.00. The highest BCUT2D eigenvalue weighted by Gasteiger charge is 2.12. The van der Waals surface area contributed by atoms with E-state index in [1.807, 2.05) is 24.3 Å². The van der Waals surface area contributed by atoms with E-state index in [4.69, 9.17) is 0 Å². The Morgan fingerprint density at radius 2 is 1.18 bits per heavy atom. The van der Waals surface area contributed by atoms with Gasteiger partial charge in [0.1, 0.15) is 5.78 Å². The third-order valence-corrected chi connectivity index (χ3v) is 5.92. The summed E-state index contributed by atoms with van der Waals surface area (Å²) in [6, 6.07) is 16.6. The molecule has 0 saturated heterocycles. The summed E-state index contributed by atoms with van der Waals surface area (Å²) in [4.78, 5) is 12.5. The van der Waals surface area contributed by atoms with Gasteiger partial charge >= 0.3 is 0 Å². The molecule has 0 N–H and O–H groups in total. The van der Waals surface area contributed by atoms with Gasteiger partial charge in [0, 0.05) is 22.2 Å². The molecule has 0 saturated carbocycles. The molecule has 3 heteroatoms. The van der Waals surface area contributed by atoms with E-state index in [-0.39, 0.29) is 5.78 Å². The van der Waals surface area contributed by atoms with Crippen LogP contribution in [0.1, 0.15) is 11.1 Å². The van der Waals surface area contributed by atoms with E-state index in [0.29, 0.717) is 12.8 Å². The van der Waals surface area contributed by atoms with Gasteiger partial charge in [0.15, 0.2) is 0 Å². The minimum atomic E-state index is 0.284. The van der Waals surface area contributed by atoms with Crippen molar-refractivity contribution in [3.8, 4) is 0 Å². The monoisotopic (exact) mass is 322 g/mol. The number of carbonyl (C=O) groups excluding carboxylic acids is 1. The van der Waals surface area contributed by atoms with Crippen LogP contribution in [-0.4, -0.2) is 5.78 Å². The molecule has 0 bridgehead atoms. The molecule has 4 aromatic rings. The zero-order chi connectivity index (χ0) is 14.9. The second-order valence-corrected chi connectivity index (χ2v) is 7.23. The Bertz CT molecular complexity index is 884. The van der Waals surface area contributed by atoms with Gasteiger partial charge in [0.2, 0.25) is 0 Å². The van der Waals surface area contributed by atoms with Crippen LogP contribution in [0.15, 0.2) is 59.3 Å². The fourth-order valence-electron chi connectivity index (χ4n) is 2.83. The molecule has 0 spiro atoms. The topological polar surface area (TPSA) is 17.1 Å². The average Bonchev–Trinajstić information content (AvgIpc) is 3.13. The van der Waals surface area contributed by atoms with E-state index in [1.54, 1.807) is 22.7 Å².